The van der Waals surface area contributed by atoms with Gasteiger partial charge in [-0.1, -0.05) is 25.1 Å². The van der Waals surface area contributed by atoms with E-state index in [2.05, 4.69) is 39.6 Å². The van der Waals surface area contributed by atoms with Crippen molar-refractivity contribution in [1.29, 1.82) is 0 Å². The van der Waals surface area contributed by atoms with Crippen LogP contribution in [0.15, 0.2) is 29.3 Å². The molecule has 2 unspecified atom stereocenters. The molecule has 0 aliphatic carbocycles. The van der Waals surface area contributed by atoms with E-state index in [0.717, 1.165) is 43.6 Å². The van der Waals surface area contributed by atoms with Crippen molar-refractivity contribution in [1.82, 2.24) is 15.5 Å². The van der Waals surface area contributed by atoms with E-state index in [0.29, 0.717) is 0 Å². The van der Waals surface area contributed by atoms with E-state index in [4.69, 9.17) is 4.74 Å². The second-order valence-corrected chi connectivity index (χ2v) is 7.33. The van der Waals surface area contributed by atoms with Crippen molar-refractivity contribution >= 4 is 5.96 Å². The van der Waals surface area contributed by atoms with Gasteiger partial charge >= 0.3 is 0 Å². The molecule has 0 radical (unpaired) electrons. The lowest BCUT2D eigenvalue weighted by atomic mass is 10.0. The molecule has 138 valence electrons. The molecule has 5 nitrogen and oxygen atoms in total. The summed E-state index contributed by atoms with van der Waals surface area (Å²) >= 11 is 0. The summed E-state index contributed by atoms with van der Waals surface area (Å²) in [5.41, 5.74) is 1.30. The third-order valence-corrected chi connectivity index (χ3v) is 5.12. The normalized spacial score (nSPS) is 23.8. The van der Waals surface area contributed by atoms with Gasteiger partial charge in [0.15, 0.2) is 5.96 Å². The third kappa shape index (κ3) is 5.36. The largest absolute Gasteiger partial charge is 0.488 e. The van der Waals surface area contributed by atoms with Crippen molar-refractivity contribution in [2.24, 2.45) is 10.9 Å². The van der Waals surface area contributed by atoms with Gasteiger partial charge in [0.25, 0.3) is 0 Å². The molecule has 2 atom stereocenters. The summed E-state index contributed by atoms with van der Waals surface area (Å²) in [6, 6.07) is 8.29. The number of rotatable bonds is 6. The molecule has 3 rings (SSSR count). The Morgan fingerprint density at radius 2 is 2.20 bits per heavy atom. The average Bonchev–Trinajstić information content (AvgIpc) is 3.04. The quantitative estimate of drug-likeness (QED) is 0.472. The van der Waals surface area contributed by atoms with E-state index in [1.165, 1.54) is 38.0 Å². The van der Waals surface area contributed by atoms with Crippen LogP contribution in [-0.2, 0) is 6.42 Å². The van der Waals surface area contributed by atoms with Crippen LogP contribution in [0.1, 0.15) is 31.7 Å². The zero-order valence-electron chi connectivity index (χ0n) is 15.6. The summed E-state index contributed by atoms with van der Waals surface area (Å²) in [6.07, 6.45) is 5.04. The molecule has 2 heterocycles. The first-order valence-electron chi connectivity index (χ1n) is 9.66. The molecule has 1 saturated heterocycles. The molecule has 0 amide bonds. The Morgan fingerprint density at radius 1 is 1.32 bits per heavy atom. The van der Waals surface area contributed by atoms with Crippen molar-refractivity contribution in [2.75, 3.05) is 39.8 Å². The van der Waals surface area contributed by atoms with Crippen LogP contribution in [0.4, 0.5) is 0 Å². The highest BCUT2D eigenvalue weighted by Gasteiger charge is 2.22. The number of hydrogen-bond donors (Lipinski definition) is 2. The number of nitrogens with zero attached hydrogens (tertiary/aromatic N) is 2. The molecule has 2 aliphatic heterocycles. The molecular weight excluding hydrogens is 312 g/mol. The Morgan fingerprint density at radius 3 is 3.00 bits per heavy atom. The summed E-state index contributed by atoms with van der Waals surface area (Å²) in [5, 5.41) is 6.81. The predicted molar refractivity (Wildman–Crippen MR) is 103 cm³/mol. The summed E-state index contributed by atoms with van der Waals surface area (Å²) in [4.78, 5) is 6.91. The van der Waals surface area contributed by atoms with Gasteiger partial charge in [-0.15, -0.1) is 0 Å². The number of para-hydroxylation sites is 1. The highest BCUT2D eigenvalue weighted by atomic mass is 16.5. The lowest BCUT2D eigenvalue weighted by Gasteiger charge is -2.30. The van der Waals surface area contributed by atoms with Crippen LogP contribution in [0.5, 0.6) is 5.75 Å². The van der Waals surface area contributed by atoms with E-state index in [1.807, 2.05) is 19.2 Å². The Bertz CT molecular complexity index is 550. The van der Waals surface area contributed by atoms with Crippen LogP contribution in [0, 0.1) is 5.92 Å². The minimum atomic E-state index is 0.186. The fourth-order valence-electron chi connectivity index (χ4n) is 3.80. The number of ether oxygens (including phenoxy) is 1. The summed E-state index contributed by atoms with van der Waals surface area (Å²) < 4.78 is 5.96. The van der Waals surface area contributed by atoms with Gasteiger partial charge in [0, 0.05) is 26.6 Å². The number of aliphatic imine (C=N–C) groups is 1. The van der Waals surface area contributed by atoms with Crippen LogP contribution < -0.4 is 15.4 Å². The molecule has 2 N–H and O–H groups in total. The van der Waals surface area contributed by atoms with Gasteiger partial charge in [0.1, 0.15) is 11.9 Å². The number of piperidine rings is 1. The lowest BCUT2D eigenvalue weighted by molar-refractivity contribution is 0.182. The number of likely N-dealkylation sites (tertiary alicyclic amines) is 1. The van der Waals surface area contributed by atoms with Crippen molar-refractivity contribution < 1.29 is 4.74 Å². The first kappa shape index (κ1) is 18.1. The van der Waals surface area contributed by atoms with Gasteiger partial charge in [-0.2, -0.15) is 0 Å². The first-order chi connectivity index (χ1) is 12.2. The van der Waals surface area contributed by atoms with E-state index < -0.39 is 0 Å². The maximum absolute atomic E-state index is 5.96. The zero-order valence-corrected chi connectivity index (χ0v) is 15.6. The average molecular weight is 345 g/mol. The van der Waals surface area contributed by atoms with Crippen LogP contribution in [0.25, 0.3) is 0 Å². The SMILES string of the molecule is CN=C(NCCCN1CCCC(C)C1)NCC1Cc2ccccc2O1. The fourth-order valence-corrected chi connectivity index (χ4v) is 3.80. The highest BCUT2D eigenvalue weighted by molar-refractivity contribution is 5.79. The molecule has 0 saturated carbocycles. The minimum absolute atomic E-state index is 0.186. The Kier molecular flexibility index (Phi) is 6.56. The van der Waals surface area contributed by atoms with E-state index in [1.54, 1.807) is 0 Å². The van der Waals surface area contributed by atoms with Crippen LogP contribution >= 0.6 is 0 Å². The number of nitrogens with one attached hydrogen (secondary N) is 2. The van der Waals surface area contributed by atoms with Gasteiger partial charge in [0.05, 0.1) is 6.54 Å². The van der Waals surface area contributed by atoms with Crippen molar-refractivity contribution in [2.45, 2.75) is 38.7 Å². The van der Waals surface area contributed by atoms with Gasteiger partial charge in [-0.25, -0.2) is 0 Å². The second kappa shape index (κ2) is 9.09. The predicted octanol–water partition coefficient (Wildman–Crippen LogP) is 2.28. The Labute approximate surface area is 151 Å². The van der Waals surface area contributed by atoms with Crippen LogP contribution in [0.2, 0.25) is 0 Å². The molecule has 2 aliphatic rings. The third-order valence-electron chi connectivity index (χ3n) is 5.12. The summed E-state index contributed by atoms with van der Waals surface area (Å²) in [7, 11) is 1.83. The fraction of sp³-hybridized carbons (Fsp3) is 0.650. The molecule has 25 heavy (non-hydrogen) atoms. The number of guanidine groups is 1. The summed E-state index contributed by atoms with van der Waals surface area (Å²) in [5.74, 6) is 2.74. The standard InChI is InChI=1S/C20H32N4O/c1-16-7-5-11-24(15-16)12-6-10-22-20(21-2)23-14-18-13-17-8-3-4-9-19(17)25-18/h3-4,8-9,16,18H,5-7,10-15H2,1-2H3,(H2,21,22,23). The monoisotopic (exact) mass is 344 g/mol. The smallest absolute Gasteiger partial charge is 0.191 e. The molecule has 0 spiro atoms. The molecular formula is C20H32N4O. The molecule has 5 heteroatoms. The van der Waals surface area contributed by atoms with E-state index in [9.17, 15) is 0 Å². The first-order valence-corrected chi connectivity index (χ1v) is 9.66. The topological polar surface area (TPSA) is 48.9 Å². The van der Waals surface area contributed by atoms with Crippen LogP contribution in [0.3, 0.4) is 0 Å². The van der Waals surface area contributed by atoms with Crippen molar-refractivity contribution in [3.8, 4) is 5.75 Å². The highest BCUT2D eigenvalue weighted by Crippen LogP contribution is 2.27. The Balaban J connectivity index is 1.31. The minimum Gasteiger partial charge on any atom is -0.488 e. The van der Waals surface area contributed by atoms with Crippen LogP contribution in [-0.4, -0.2) is 56.7 Å². The molecule has 1 aromatic carbocycles. The van der Waals surface area contributed by atoms with Gasteiger partial charge < -0.3 is 20.3 Å². The van der Waals surface area contributed by atoms with Gasteiger partial charge in [-0.3, -0.25) is 4.99 Å². The van der Waals surface area contributed by atoms with Crippen molar-refractivity contribution in [3.05, 3.63) is 29.8 Å². The Hall–Kier alpha value is -1.75. The maximum Gasteiger partial charge on any atom is 0.191 e. The molecule has 0 bridgehead atoms. The number of fused-ring (bicyclic) bond motifs is 1. The van der Waals surface area contributed by atoms with Gasteiger partial charge in [-0.05, 0) is 49.9 Å². The maximum atomic E-state index is 5.96. The number of benzene rings is 1. The zero-order chi connectivity index (χ0) is 17.5. The second-order valence-electron chi connectivity index (χ2n) is 7.33. The molecule has 0 aromatic heterocycles. The van der Waals surface area contributed by atoms with E-state index >= 15 is 0 Å². The molecule has 1 aromatic rings. The lowest BCUT2D eigenvalue weighted by Crippen LogP contribution is -2.43. The van der Waals surface area contributed by atoms with Gasteiger partial charge in [0.2, 0.25) is 0 Å². The van der Waals surface area contributed by atoms with Crippen molar-refractivity contribution in [3.63, 3.8) is 0 Å². The number of hydrogen-bond acceptors (Lipinski definition) is 3. The van der Waals surface area contributed by atoms with E-state index in [-0.39, 0.29) is 6.10 Å². The molecule has 1 fully saturated rings. The summed E-state index contributed by atoms with van der Waals surface area (Å²) in [6.45, 7) is 7.78.